The van der Waals surface area contributed by atoms with Crippen LogP contribution in [0.2, 0.25) is 0 Å². The summed E-state index contributed by atoms with van der Waals surface area (Å²) in [6.45, 7) is 0.392. The molecule has 0 unspecified atom stereocenters. The molecule has 1 heterocycles. The molecule has 0 radical (unpaired) electrons. The minimum Gasteiger partial charge on any atom is -0.342 e. The van der Waals surface area contributed by atoms with Crippen LogP contribution in [0.4, 0.5) is 5.69 Å². The highest BCUT2D eigenvalue weighted by atomic mass is 16.2. The molecule has 4 N–H and O–H groups in total. The lowest BCUT2D eigenvalue weighted by molar-refractivity contribution is -0.142. The van der Waals surface area contributed by atoms with Crippen LogP contribution in [0.25, 0.3) is 0 Å². The van der Waals surface area contributed by atoms with E-state index in [4.69, 9.17) is 5.73 Å². The third kappa shape index (κ3) is 6.47. The number of nitrogens with one attached hydrogen (secondary N) is 2. The number of benzene rings is 3. The maximum Gasteiger partial charge on any atom is 0.246 e. The molecule has 3 aromatic rings. The second kappa shape index (κ2) is 12.9. The second-order valence-electron chi connectivity index (χ2n) is 10.7. The Balaban J connectivity index is 1.29. The molecule has 0 saturated heterocycles. The van der Waals surface area contributed by atoms with Gasteiger partial charge in [-0.2, -0.15) is 0 Å². The van der Waals surface area contributed by atoms with Crippen molar-refractivity contribution in [2.24, 2.45) is 5.73 Å². The number of fused-ring (bicyclic) bond motifs is 2. The molecule has 3 aromatic carbocycles. The van der Waals surface area contributed by atoms with Crippen molar-refractivity contribution in [2.75, 3.05) is 11.9 Å². The van der Waals surface area contributed by atoms with Crippen molar-refractivity contribution in [1.82, 2.24) is 10.2 Å². The number of amides is 3. The molecule has 216 valence electrons. The lowest BCUT2D eigenvalue weighted by Gasteiger charge is -2.36. The summed E-state index contributed by atoms with van der Waals surface area (Å²) in [7, 11) is 0. The van der Waals surface area contributed by atoms with Gasteiger partial charge in [0.25, 0.3) is 0 Å². The molecule has 0 bridgehead atoms. The molecule has 9 nitrogen and oxygen atoms in total. The van der Waals surface area contributed by atoms with Gasteiger partial charge in [0.2, 0.25) is 17.7 Å². The quantitative estimate of drug-likeness (QED) is 0.322. The number of Topliss-reactive ketones (excluding diaryl/α,β-unsaturated/α-hetero) is 2. The van der Waals surface area contributed by atoms with E-state index in [1.807, 2.05) is 30.3 Å². The summed E-state index contributed by atoms with van der Waals surface area (Å²) in [6, 6.07) is 19.8. The molecule has 2 aliphatic rings. The minimum atomic E-state index is -0.925. The molecular weight excluding hydrogens is 532 g/mol. The van der Waals surface area contributed by atoms with Crippen LogP contribution in [0.15, 0.2) is 72.8 Å². The van der Waals surface area contributed by atoms with Gasteiger partial charge in [-0.1, -0.05) is 54.6 Å². The zero-order chi connectivity index (χ0) is 29.6. The van der Waals surface area contributed by atoms with E-state index in [-0.39, 0.29) is 56.2 Å². The molecule has 0 fully saturated rings. The highest BCUT2D eigenvalue weighted by molar-refractivity contribution is 6.02. The number of aryl methyl sites for hydroxylation is 1. The molecule has 42 heavy (non-hydrogen) atoms. The van der Waals surface area contributed by atoms with Crippen LogP contribution in [0.3, 0.4) is 0 Å². The van der Waals surface area contributed by atoms with Crippen LogP contribution in [0.1, 0.15) is 63.1 Å². The van der Waals surface area contributed by atoms with Crippen LogP contribution in [-0.4, -0.2) is 52.8 Å². The summed E-state index contributed by atoms with van der Waals surface area (Å²) in [5.41, 5.74) is 10.3. The van der Waals surface area contributed by atoms with Crippen molar-refractivity contribution < 1.29 is 24.0 Å². The number of nitrogens with zero attached hydrogens (tertiary/aromatic N) is 1. The Bertz CT molecular complexity index is 1520. The largest absolute Gasteiger partial charge is 0.342 e. The van der Waals surface area contributed by atoms with Gasteiger partial charge in [0.05, 0.1) is 0 Å². The van der Waals surface area contributed by atoms with Crippen LogP contribution in [-0.2, 0) is 33.8 Å². The maximum atomic E-state index is 13.7. The second-order valence-corrected chi connectivity index (χ2v) is 10.7. The van der Waals surface area contributed by atoms with Crippen molar-refractivity contribution >= 4 is 35.0 Å². The van der Waals surface area contributed by atoms with E-state index >= 15 is 0 Å². The number of hydrogen-bond acceptors (Lipinski definition) is 6. The average Bonchev–Trinajstić information content (AvgIpc) is 3.38. The third-order valence-corrected chi connectivity index (χ3v) is 7.92. The fourth-order valence-corrected chi connectivity index (χ4v) is 5.62. The molecule has 0 saturated carbocycles. The van der Waals surface area contributed by atoms with Crippen LogP contribution < -0.4 is 16.4 Å². The Hall–Kier alpha value is -4.63. The van der Waals surface area contributed by atoms with E-state index in [2.05, 4.69) is 10.6 Å². The summed E-state index contributed by atoms with van der Waals surface area (Å²) in [6.07, 6.45) is 1.57. The monoisotopic (exact) mass is 566 g/mol. The first-order chi connectivity index (χ1) is 20.3. The van der Waals surface area contributed by atoms with Crippen LogP contribution in [0.5, 0.6) is 0 Å². The summed E-state index contributed by atoms with van der Waals surface area (Å²) >= 11 is 0. The molecule has 3 amide bonds. The van der Waals surface area contributed by atoms with Gasteiger partial charge in [-0.3, -0.25) is 24.0 Å². The standard InChI is InChI=1S/C33H34N4O5/c34-17-16-27(32(41)35-25-11-12-26-23(18-25)10-13-30(26)39)36-33(42)28-19-22-8-4-5-9-24(22)20-37(28)31(40)15-14-29(38)21-6-2-1-3-7-21/h1-9,11-12,18,27-28H,10,13-17,19-20,34H2,(H,35,41)(H,36,42)/t27-,28-/m0/s1. The first-order valence-electron chi connectivity index (χ1n) is 14.3. The SMILES string of the molecule is NCC[C@H](NC(=O)[C@@H]1Cc2ccccc2CN1C(=O)CCC(=O)c1ccccc1)C(=O)Nc1ccc2c(c1)CCC2=O. The highest BCUT2D eigenvalue weighted by Gasteiger charge is 2.36. The van der Waals surface area contributed by atoms with E-state index < -0.39 is 23.9 Å². The number of carbonyl (C=O) groups excluding carboxylic acids is 5. The molecule has 9 heteroatoms. The van der Waals surface area contributed by atoms with E-state index in [1.165, 1.54) is 4.90 Å². The van der Waals surface area contributed by atoms with Crippen LogP contribution >= 0.6 is 0 Å². The number of ketones is 2. The Kier molecular flexibility index (Phi) is 8.88. The lowest BCUT2D eigenvalue weighted by atomic mass is 9.92. The van der Waals surface area contributed by atoms with Gasteiger partial charge >= 0.3 is 0 Å². The van der Waals surface area contributed by atoms with Gasteiger partial charge in [0.15, 0.2) is 11.6 Å². The number of nitrogens with two attached hydrogens (primary N) is 1. The fourth-order valence-electron chi connectivity index (χ4n) is 5.62. The van der Waals surface area contributed by atoms with E-state index in [0.29, 0.717) is 29.7 Å². The fraction of sp³-hybridized carbons (Fsp3) is 0.303. The summed E-state index contributed by atoms with van der Waals surface area (Å²) in [4.78, 5) is 66.5. The number of rotatable bonds is 10. The first-order valence-corrected chi connectivity index (χ1v) is 14.3. The van der Waals surface area contributed by atoms with Gasteiger partial charge < -0.3 is 21.3 Å². The van der Waals surface area contributed by atoms with Gasteiger partial charge in [-0.15, -0.1) is 0 Å². The molecule has 0 aromatic heterocycles. The van der Waals surface area contributed by atoms with E-state index in [1.54, 1.807) is 42.5 Å². The smallest absolute Gasteiger partial charge is 0.246 e. The number of anilines is 1. The molecule has 0 spiro atoms. The first kappa shape index (κ1) is 28.9. The predicted octanol–water partition coefficient (Wildman–Crippen LogP) is 3.20. The Labute approximate surface area is 244 Å². The van der Waals surface area contributed by atoms with E-state index in [0.717, 1.165) is 16.7 Å². The Morgan fingerprint density at radius 1 is 0.881 bits per heavy atom. The molecular formula is C33H34N4O5. The van der Waals surface area contributed by atoms with Crippen molar-refractivity contribution in [3.05, 3.63) is 101 Å². The molecule has 1 aliphatic carbocycles. The maximum absolute atomic E-state index is 13.7. The van der Waals surface area contributed by atoms with Gasteiger partial charge in [0, 0.05) is 49.0 Å². The predicted molar refractivity (Wildman–Crippen MR) is 158 cm³/mol. The van der Waals surface area contributed by atoms with E-state index in [9.17, 15) is 24.0 Å². The van der Waals surface area contributed by atoms with Crippen molar-refractivity contribution in [3.63, 3.8) is 0 Å². The summed E-state index contributed by atoms with van der Waals surface area (Å²) in [5, 5.41) is 5.67. The molecule has 2 atom stereocenters. The zero-order valence-electron chi connectivity index (χ0n) is 23.3. The molecule has 5 rings (SSSR count). The zero-order valence-corrected chi connectivity index (χ0v) is 23.3. The van der Waals surface area contributed by atoms with Crippen molar-refractivity contribution in [3.8, 4) is 0 Å². The van der Waals surface area contributed by atoms with Gasteiger partial charge in [0.1, 0.15) is 12.1 Å². The third-order valence-electron chi connectivity index (χ3n) is 7.92. The van der Waals surface area contributed by atoms with Crippen LogP contribution in [0, 0.1) is 0 Å². The van der Waals surface area contributed by atoms with Gasteiger partial charge in [-0.05, 0) is 54.3 Å². The lowest BCUT2D eigenvalue weighted by Crippen LogP contribution is -2.56. The minimum absolute atomic E-state index is 0.0277. The Morgan fingerprint density at radius 3 is 2.38 bits per heavy atom. The summed E-state index contributed by atoms with van der Waals surface area (Å²) in [5.74, 6) is -1.24. The number of hydrogen-bond donors (Lipinski definition) is 3. The average molecular weight is 567 g/mol. The molecule has 1 aliphatic heterocycles. The Morgan fingerprint density at radius 2 is 1.62 bits per heavy atom. The topological polar surface area (TPSA) is 139 Å². The normalized spacial score (nSPS) is 16.3. The summed E-state index contributed by atoms with van der Waals surface area (Å²) < 4.78 is 0. The highest BCUT2D eigenvalue weighted by Crippen LogP contribution is 2.26. The van der Waals surface area contributed by atoms with Gasteiger partial charge in [-0.25, -0.2) is 0 Å². The van der Waals surface area contributed by atoms with Crippen molar-refractivity contribution in [2.45, 2.75) is 57.2 Å². The number of carbonyl (C=O) groups is 5. The van der Waals surface area contributed by atoms with Crippen molar-refractivity contribution in [1.29, 1.82) is 0 Å².